The van der Waals surface area contributed by atoms with Crippen LogP contribution in [0.1, 0.15) is 10.4 Å². The molecular formula is C6H7N3O5. The molecule has 1 aromatic heterocycles. The molecule has 8 nitrogen and oxygen atoms in total. The second kappa shape index (κ2) is 5.30. The predicted octanol–water partition coefficient (Wildman–Crippen LogP) is -1.34. The summed E-state index contributed by atoms with van der Waals surface area (Å²) in [6.07, 6.45) is 2.82. The van der Waals surface area contributed by atoms with E-state index in [0.29, 0.717) is 5.56 Å². The van der Waals surface area contributed by atoms with Crippen LogP contribution in [-0.4, -0.2) is 38.3 Å². The van der Waals surface area contributed by atoms with Gasteiger partial charge >= 0.3 is 11.9 Å². The lowest BCUT2D eigenvalue weighted by atomic mass is 10.4. The van der Waals surface area contributed by atoms with Crippen molar-refractivity contribution in [1.29, 1.82) is 0 Å². The number of carbonyl (C=O) groups is 3. The molecule has 8 heteroatoms. The summed E-state index contributed by atoms with van der Waals surface area (Å²) in [6.45, 7) is 0. The van der Waals surface area contributed by atoms with Crippen molar-refractivity contribution in [1.82, 2.24) is 10.2 Å². The van der Waals surface area contributed by atoms with Gasteiger partial charge in [-0.2, -0.15) is 5.10 Å². The standard InChI is InChI=1S/C4H5N3O.C2H2O4/c5-4(8)3-1-6-7-2-3;3-1(4)2(5)6/h1-2H,(H2,5,8)(H,6,7);(H,3,4)(H,5,6). The number of amides is 1. The first-order valence-corrected chi connectivity index (χ1v) is 3.20. The summed E-state index contributed by atoms with van der Waals surface area (Å²) < 4.78 is 0. The molecule has 0 saturated heterocycles. The highest BCUT2D eigenvalue weighted by atomic mass is 16.4. The molecule has 76 valence electrons. The van der Waals surface area contributed by atoms with E-state index in [2.05, 4.69) is 10.2 Å². The van der Waals surface area contributed by atoms with E-state index in [1.165, 1.54) is 12.4 Å². The Morgan fingerprint density at radius 1 is 1.29 bits per heavy atom. The number of hydrogen-bond acceptors (Lipinski definition) is 4. The minimum Gasteiger partial charge on any atom is -0.473 e. The molecule has 0 bridgehead atoms. The zero-order chi connectivity index (χ0) is 11.1. The fourth-order valence-corrected chi connectivity index (χ4v) is 0.386. The van der Waals surface area contributed by atoms with Gasteiger partial charge in [0.1, 0.15) is 0 Å². The van der Waals surface area contributed by atoms with Gasteiger partial charge in [-0.1, -0.05) is 0 Å². The van der Waals surface area contributed by atoms with Gasteiger partial charge in [0.05, 0.1) is 11.8 Å². The molecule has 5 N–H and O–H groups in total. The van der Waals surface area contributed by atoms with Crippen molar-refractivity contribution in [2.24, 2.45) is 5.73 Å². The number of aliphatic carboxylic acids is 2. The number of aromatic amines is 1. The predicted molar refractivity (Wildman–Crippen MR) is 42.4 cm³/mol. The number of nitrogens with two attached hydrogens (primary N) is 1. The van der Waals surface area contributed by atoms with Gasteiger partial charge < -0.3 is 15.9 Å². The third-order valence-electron chi connectivity index (χ3n) is 0.966. The summed E-state index contributed by atoms with van der Waals surface area (Å²) in [5, 5.41) is 20.8. The van der Waals surface area contributed by atoms with Gasteiger partial charge in [0.25, 0.3) is 5.91 Å². The maximum Gasteiger partial charge on any atom is 0.414 e. The summed E-state index contributed by atoms with van der Waals surface area (Å²) >= 11 is 0. The largest absolute Gasteiger partial charge is 0.473 e. The van der Waals surface area contributed by atoms with Crippen LogP contribution in [-0.2, 0) is 9.59 Å². The number of aromatic nitrogens is 2. The van der Waals surface area contributed by atoms with Gasteiger partial charge in [-0.05, 0) is 0 Å². The van der Waals surface area contributed by atoms with Crippen molar-refractivity contribution < 1.29 is 24.6 Å². The van der Waals surface area contributed by atoms with Gasteiger partial charge in [-0.25, -0.2) is 9.59 Å². The Morgan fingerprint density at radius 3 is 1.93 bits per heavy atom. The Labute approximate surface area is 77.3 Å². The molecule has 0 aliphatic heterocycles. The number of carbonyl (C=O) groups excluding carboxylic acids is 1. The summed E-state index contributed by atoms with van der Waals surface area (Å²) in [7, 11) is 0. The number of carboxylic acids is 2. The topological polar surface area (TPSA) is 146 Å². The highest BCUT2D eigenvalue weighted by Gasteiger charge is 2.04. The average Bonchev–Trinajstić information content (AvgIpc) is 2.56. The van der Waals surface area contributed by atoms with Crippen LogP contribution in [0.25, 0.3) is 0 Å². The molecule has 0 saturated carbocycles. The minimum absolute atomic E-state index is 0.407. The quantitative estimate of drug-likeness (QED) is 0.413. The number of H-pyrrole nitrogens is 1. The zero-order valence-electron chi connectivity index (χ0n) is 6.80. The van der Waals surface area contributed by atoms with Gasteiger partial charge in [-0.15, -0.1) is 0 Å². The first kappa shape index (κ1) is 11.6. The molecule has 0 radical (unpaired) electrons. The van der Waals surface area contributed by atoms with E-state index >= 15 is 0 Å². The van der Waals surface area contributed by atoms with E-state index in [4.69, 9.17) is 25.5 Å². The fraction of sp³-hybridized carbons (Fsp3) is 0. The lowest BCUT2D eigenvalue weighted by Crippen LogP contribution is -2.09. The number of rotatable bonds is 1. The van der Waals surface area contributed by atoms with Crippen LogP contribution >= 0.6 is 0 Å². The Kier molecular flexibility index (Phi) is 4.40. The van der Waals surface area contributed by atoms with Crippen LogP contribution in [0.5, 0.6) is 0 Å². The number of nitrogens with zero attached hydrogens (tertiary/aromatic N) is 1. The Hall–Kier alpha value is -2.38. The van der Waals surface area contributed by atoms with Crippen molar-refractivity contribution in [3.05, 3.63) is 18.0 Å². The van der Waals surface area contributed by atoms with E-state index in [1.54, 1.807) is 0 Å². The smallest absolute Gasteiger partial charge is 0.414 e. The van der Waals surface area contributed by atoms with Gasteiger partial charge in [0, 0.05) is 6.20 Å². The average molecular weight is 201 g/mol. The molecule has 0 aliphatic rings. The molecule has 0 unspecified atom stereocenters. The maximum absolute atomic E-state index is 10.2. The molecule has 1 heterocycles. The normalized spacial score (nSPS) is 8.29. The van der Waals surface area contributed by atoms with Gasteiger partial charge in [0.2, 0.25) is 0 Å². The van der Waals surface area contributed by atoms with Crippen molar-refractivity contribution in [2.45, 2.75) is 0 Å². The van der Waals surface area contributed by atoms with Gasteiger partial charge in [0.15, 0.2) is 0 Å². The molecule has 0 atom stereocenters. The van der Waals surface area contributed by atoms with Crippen LogP contribution in [0.3, 0.4) is 0 Å². The van der Waals surface area contributed by atoms with Gasteiger partial charge in [-0.3, -0.25) is 9.89 Å². The third-order valence-corrected chi connectivity index (χ3v) is 0.966. The summed E-state index contributed by atoms with van der Waals surface area (Å²) in [6, 6.07) is 0. The minimum atomic E-state index is -1.82. The molecule has 0 aromatic carbocycles. The first-order valence-electron chi connectivity index (χ1n) is 3.20. The molecule has 1 amide bonds. The summed E-state index contributed by atoms with van der Waals surface area (Å²) in [5.41, 5.74) is 5.27. The van der Waals surface area contributed by atoms with Crippen LogP contribution in [0.4, 0.5) is 0 Å². The fourth-order valence-electron chi connectivity index (χ4n) is 0.386. The van der Waals surface area contributed by atoms with E-state index in [1.807, 2.05) is 0 Å². The Balaban J connectivity index is 0.000000255. The monoisotopic (exact) mass is 201 g/mol. The van der Waals surface area contributed by atoms with E-state index < -0.39 is 17.8 Å². The second-order valence-electron chi connectivity index (χ2n) is 1.96. The number of primary amides is 1. The molecule has 1 rings (SSSR count). The first-order chi connectivity index (χ1) is 6.45. The Morgan fingerprint density at radius 2 is 1.79 bits per heavy atom. The number of carboxylic acid groups (broad SMARTS) is 2. The molecule has 14 heavy (non-hydrogen) atoms. The van der Waals surface area contributed by atoms with Crippen molar-refractivity contribution in [3.63, 3.8) is 0 Å². The van der Waals surface area contributed by atoms with Crippen molar-refractivity contribution >= 4 is 17.8 Å². The molecular weight excluding hydrogens is 194 g/mol. The molecule has 0 fully saturated rings. The van der Waals surface area contributed by atoms with Crippen LogP contribution in [0.15, 0.2) is 12.4 Å². The maximum atomic E-state index is 10.2. The SMILES string of the molecule is NC(=O)c1cn[nH]c1.O=C(O)C(=O)O. The third kappa shape index (κ3) is 4.49. The van der Waals surface area contributed by atoms with Crippen LogP contribution in [0.2, 0.25) is 0 Å². The highest BCUT2D eigenvalue weighted by molar-refractivity contribution is 6.27. The number of nitrogens with one attached hydrogen (secondary N) is 1. The van der Waals surface area contributed by atoms with Crippen LogP contribution < -0.4 is 5.73 Å². The van der Waals surface area contributed by atoms with Crippen LogP contribution in [0, 0.1) is 0 Å². The summed E-state index contributed by atoms with van der Waals surface area (Å²) in [5.74, 6) is -4.11. The van der Waals surface area contributed by atoms with Crippen molar-refractivity contribution in [2.75, 3.05) is 0 Å². The second-order valence-corrected chi connectivity index (χ2v) is 1.96. The van der Waals surface area contributed by atoms with E-state index in [0.717, 1.165) is 0 Å². The molecule has 0 aliphatic carbocycles. The lowest BCUT2D eigenvalue weighted by molar-refractivity contribution is -0.159. The van der Waals surface area contributed by atoms with E-state index in [-0.39, 0.29) is 0 Å². The Bertz CT molecular complexity index is 319. The zero-order valence-corrected chi connectivity index (χ0v) is 6.80. The molecule has 1 aromatic rings. The highest BCUT2D eigenvalue weighted by Crippen LogP contribution is 1.88. The molecule has 0 spiro atoms. The number of hydrogen-bond donors (Lipinski definition) is 4. The lowest BCUT2D eigenvalue weighted by Gasteiger charge is -1.78. The summed E-state index contributed by atoms with van der Waals surface area (Å²) in [4.78, 5) is 28.4. The van der Waals surface area contributed by atoms with Crippen molar-refractivity contribution in [3.8, 4) is 0 Å². The van der Waals surface area contributed by atoms with E-state index in [9.17, 15) is 4.79 Å².